The van der Waals surface area contributed by atoms with E-state index in [-0.39, 0.29) is 28.6 Å². The quantitative estimate of drug-likeness (QED) is 0.163. The Morgan fingerprint density at radius 1 is 0.907 bits per heavy atom. The number of nitrogens with one attached hydrogen (secondary N) is 1. The summed E-state index contributed by atoms with van der Waals surface area (Å²) < 4.78 is 12.5. The molecule has 9 heteroatoms. The molecule has 3 aromatic carbocycles. The number of aryl methyl sites for hydroxylation is 2. The van der Waals surface area contributed by atoms with Gasteiger partial charge in [0.1, 0.15) is 11.6 Å². The maximum absolute atomic E-state index is 14.0. The van der Waals surface area contributed by atoms with Crippen LogP contribution in [0.25, 0.3) is 28.2 Å². The Labute approximate surface area is 261 Å². The molecule has 43 heavy (non-hydrogen) atoms. The number of halogens is 1. The first-order valence-electron chi connectivity index (χ1n) is 14.5. The molecule has 0 saturated carbocycles. The predicted molar refractivity (Wildman–Crippen MR) is 175 cm³/mol. The standard InChI is InChI=1S/C34H36N4O4.BrH/c1-5-10-31-30(33(39)38(22(4)35-31)25-17-19-27(20-18-25)41-26(6-2)7-3)21-23-13-15-24(16-14-23)28-11-8-9-12-29(28)32-36-34(40)42-37-32;/h8-9,11-20,26H,5-7,10,21H2,1-4H3,(H,36,37,40);1H. The molecule has 8 nitrogen and oxygen atoms in total. The van der Waals surface area contributed by atoms with Crippen LogP contribution in [0, 0.1) is 6.92 Å². The molecule has 224 valence electrons. The van der Waals surface area contributed by atoms with Gasteiger partial charge in [-0.05, 0) is 67.1 Å². The number of nitrogens with zero attached hydrogens (tertiary/aromatic N) is 3. The van der Waals surface area contributed by atoms with Gasteiger partial charge in [0.25, 0.3) is 5.56 Å². The minimum absolute atomic E-state index is 0. The molecule has 0 radical (unpaired) electrons. The minimum atomic E-state index is -0.596. The minimum Gasteiger partial charge on any atom is -0.490 e. The third-order valence-electron chi connectivity index (χ3n) is 7.49. The molecule has 1 N–H and O–H groups in total. The average Bonchev–Trinajstić information content (AvgIpc) is 3.45. The van der Waals surface area contributed by atoms with E-state index in [0.29, 0.717) is 23.6 Å². The lowest BCUT2D eigenvalue weighted by atomic mass is 9.96. The third-order valence-corrected chi connectivity index (χ3v) is 7.49. The van der Waals surface area contributed by atoms with Gasteiger partial charge < -0.3 is 4.74 Å². The van der Waals surface area contributed by atoms with Crippen LogP contribution in [-0.4, -0.2) is 25.8 Å². The van der Waals surface area contributed by atoms with Gasteiger partial charge in [-0.15, -0.1) is 17.0 Å². The van der Waals surface area contributed by atoms with Gasteiger partial charge in [-0.25, -0.2) is 9.78 Å². The summed E-state index contributed by atoms with van der Waals surface area (Å²) in [6.07, 6.45) is 4.15. The first-order valence-corrected chi connectivity index (χ1v) is 14.5. The molecule has 0 aliphatic rings. The van der Waals surface area contributed by atoms with Crippen molar-refractivity contribution in [2.24, 2.45) is 0 Å². The SMILES string of the molecule is Br.CCCc1nc(C)n(-c2ccc(OC(CC)CC)cc2)c(=O)c1Cc1ccc(-c2ccccc2-c2noc(=O)[nH]2)cc1. The highest BCUT2D eigenvalue weighted by molar-refractivity contribution is 8.93. The van der Waals surface area contributed by atoms with Gasteiger partial charge >= 0.3 is 5.76 Å². The molecule has 0 aliphatic carbocycles. The van der Waals surface area contributed by atoms with Gasteiger partial charge in [-0.1, -0.05) is 80.9 Å². The van der Waals surface area contributed by atoms with E-state index in [4.69, 9.17) is 14.2 Å². The Morgan fingerprint density at radius 3 is 2.19 bits per heavy atom. The maximum Gasteiger partial charge on any atom is 0.439 e. The van der Waals surface area contributed by atoms with E-state index in [1.807, 2.05) is 79.7 Å². The summed E-state index contributed by atoms with van der Waals surface area (Å²) in [7, 11) is 0. The van der Waals surface area contributed by atoms with Gasteiger partial charge in [0.2, 0.25) is 0 Å². The van der Waals surface area contributed by atoms with Crippen LogP contribution in [0.15, 0.2) is 86.9 Å². The fourth-order valence-electron chi connectivity index (χ4n) is 5.26. The molecule has 0 aliphatic heterocycles. The van der Waals surface area contributed by atoms with Crippen LogP contribution in [0.3, 0.4) is 0 Å². The number of aromatic nitrogens is 4. The number of H-pyrrole nitrogens is 1. The van der Waals surface area contributed by atoms with Gasteiger partial charge in [-0.2, -0.15) is 0 Å². The molecule has 0 fully saturated rings. The highest BCUT2D eigenvalue weighted by Gasteiger charge is 2.17. The molecule has 0 saturated heterocycles. The van der Waals surface area contributed by atoms with Crippen LogP contribution in [0.5, 0.6) is 5.75 Å². The van der Waals surface area contributed by atoms with Crippen molar-refractivity contribution >= 4 is 17.0 Å². The zero-order valence-electron chi connectivity index (χ0n) is 24.9. The van der Waals surface area contributed by atoms with Crippen molar-refractivity contribution in [2.75, 3.05) is 0 Å². The fourth-order valence-corrected chi connectivity index (χ4v) is 5.26. The second kappa shape index (κ2) is 14.3. The lowest BCUT2D eigenvalue weighted by molar-refractivity contribution is 0.193. The zero-order chi connectivity index (χ0) is 29.6. The molecule has 2 heterocycles. The van der Waals surface area contributed by atoms with Crippen LogP contribution >= 0.6 is 17.0 Å². The zero-order valence-corrected chi connectivity index (χ0v) is 26.6. The Hall–Kier alpha value is -4.24. The Bertz CT molecular complexity index is 1770. The van der Waals surface area contributed by atoms with Crippen molar-refractivity contribution in [2.45, 2.75) is 65.9 Å². The highest BCUT2D eigenvalue weighted by Crippen LogP contribution is 2.30. The molecule has 0 amide bonds. The third kappa shape index (κ3) is 7.05. The van der Waals surface area contributed by atoms with Gasteiger partial charge in [0.15, 0.2) is 5.82 Å². The first-order chi connectivity index (χ1) is 20.4. The van der Waals surface area contributed by atoms with Crippen LogP contribution in [0.2, 0.25) is 0 Å². The number of hydrogen-bond donors (Lipinski definition) is 1. The van der Waals surface area contributed by atoms with Crippen molar-refractivity contribution in [3.63, 3.8) is 0 Å². The van der Waals surface area contributed by atoms with E-state index in [0.717, 1.165) is 65.1 Å². The summed E-state index contributed by atoms with van der Waals surface area (Å²) >= 11 is 0. The largest absolute Gasteiger partial charge is 0.490 e. The lowest BCUT2D eigenvalue weighted by Gasteiger charge is -2.18. The van der Waals surface area contributed by atoms with Gasteiger partial charge in [-0.3, -0.25) is 18.9 Å². The van der Waals surface area contributed by atoms with Crippen molar-refractivity contribution in [3.8, 4) is 34.0 Å². The molecule has 0 atom stereocenters. The summed E-state index contributed by atoms with van der Waals surface area (Å²) in [5.74, 6) is 1.25. The predicted octanol–water partition coefficient (Wildman–Crippen LogP) is 7.24. The van der Waals surface area contributed by atoms with E-state index in [9.17, 15) is 9.59 Å². The first kappa shape index (κ1) is 31.7. The molecule has 0 unspecified atom stereocenters. The Morgan fingerprint density at radius 2 is 1.58 bits per heavy atom. The second-order valence-electron chi connectivity index (χ2n) is 10.4. The van der Waals surface area contributed by atoms with Crippen LogP contribution in [0.4, 0.5) is 0 Å². The van der Waals surface area contributed by atoms with Gasteiger partial charge in [0.05, 0.1) is 17.5 Å². The summed E-state index contributed by atoms with van der Waals surface area (Å²) in [6.45, 7) is 8.21. The second-order valence-corrected chi connectivity index (χ2v) is 10.4. The Balaban J connectivity index is 0.00000423. The number of aromatic amines is 1. The molecule has 0 spiro atoms. The highest BCUT2D eigenvalue weighted by atomic mass is 79.9. The Kier molecular flexibility index (Phi) is 10.5. The molecular weight excluding hydrogens is 608 g/mol. The van der Waals surface area contributed by atoms with E-state index in [1.54, 1.807) is 4.57 Å². The number of rotatable bonds is 11. The molecule has 2 aromatic heterocycles. The number of benzene rings is 3. The monoisotopic (exact) mass is 644 g/mol. The maximum atomic E-state index is 14.0. The smallest absolute Gasteiger partial charge is 0.439 e. The van der Waals surface area contributed by atoms with Crippen molar-refractivity contribution in [1.82, 2.24) is 19.7 Å². The lowest BCUT2D eigenvalue weighted by Crippen LogP contribution is -2.28. The summed E-state index contributed by atoms with van der Waals surface area (Å²) in [4.78, 5) is 33.0. The summed E-state index contributed by atoms with van der Waals surface area (Å²) in [6, 6.07) is 23.5. The van der Waals surface area contributed by atoms with Crippen LogP contribution < -0.4 is 16.1 Å². The van der Waals surface area contributed by atoms with Gasteiger partial charge in [0, 0.05) is 17.5 Å². The molecular formula is C34H37BrN4O4. The fraction of sp³-hybridized carbons (Fsp3) is 0.294. The van der Waals surface area contributed by atoms with Crippen molar-refractivity contribution in [3.05, 3.63) is 116 Å². The van der Waals surface area contributed by atoms with E-state index >= 15 is 0 Å². The number of hydrogen-bond acceptors (Lipinski definition) is 6. The number of ether oxygens (including phenoxy) is 1. The van der Waals surface area contributed by atoms with E-state index in [2.05, 4.69) is 30.9 Å². The topological polar surface area (TPSA) is 103 Å². The normalized spacial score (nSPS) is 11.0. The van der Waals surface area contributed by atoms with E-state index in [1.165, 1.54) is 0 Å². The average molecular weight is 646 g/mol. The molecule has 0 bridgehead atoms. The van der Waals surface area contributed by atoms with Crippen LogP contribution in [0.1, 0.15) is 62.7 Å². The van der Waals surface area contributed by atoms with Crippen molar-refractivity contribution < 1.29 is 9.26 Å². The molecule has 5 rings (SSSR count). The van der Waals surface area contributed by atoms with Crippen molar-refractivity contribution in [1.29, 1.82) is 0 Å². The summed E-state index contributed by atoms with van der Waals surface area (Å²) in [5, 5.41) is 3.85. The van der Waals surface area contributed by atoms with E-state index < -0.39 is 5.76 Å². The summed E-state index contributed by atoms with van der Waals surface area (Å²) in [5.41, 5.74) is 5.91. The van der Waals surface area contributed by atoms with Crippen LogP contribution in [-0.2, 0) is 12.8 Å². The molecule has 5 aromatic rings.